The van der Waals surface area contributed by atoms with Crippen molar-refractivity contribution in [3.05, 3.63) is 0 Å². The summed E-state index contributed by atoms with van der Waals surface area (Å²) in [5, 5.41) is 16.1. The van der Waals surface area contributed by atoms with Gasteiger partial charge < -0.3 is 14.9 Å². The van der Waals surface area contributed by atoms with Crippen molar-refractivity contribution >= 4 is 0 Å². The molecule has 0 heterocycles. The predicted octanol–water partition coefficient (Wildman–Crippen LogP) is 0.698. The Hall–Kier alpha value is -0.190. The van der Waals surface area contributed by atoms with Crippen molar-refractivity contribution in [3.8, 4) is 0 Å². The van der Waals surface area contributed by atoms with Crippen LogP contribution in [0.2, 0.25) is 0 Å². The molecule has 0 saturated heterocycles. The van der Waals surface area contributed by atoms with E-state index < -0.39 is 6.36 Å². The normalized spacial score (nSPS) is 14.7. The van der Waals surface area contributed by atoms with Crippen molar-refractivity contribution in [2.45, 2.75) is 32.7 Å². The number of halogens is 1. The molecule has 2 N–H and O–H groups in total. The topological polar surface area (TPSA) is 49.7 Å². The second-order valence-electron chi connectivity index (χ2n) is 2.15. The molecular formula is C7H17FO3. The molecule has 2 atom stereocenters. The second kappa shape index (κ2) is 9.81. The lowest BCUT2D eigenvalue weighted by Crippen LogP contribution is -2.07. The van der Waals surface area contributed by atoms with E-state index in [2.05, 4.69) is 4.74 Å². The number of hydrogen-bond donors (Lipinski definition) is 2. The van der Waals surface area contributed by atoms with Crippen molar-refractivity contribution in [3.63, 3.8) is 0 Å². The summed E-state index contributed by atoms with van der Waals surface area (Å²) in [7, 11) is 1.56. The zero-order valence-electron chi connectivity index (χ0n) is 7.25. The summed E-state index contributed by atoms with van der Waals surface area (Å²) in [6.45, 7) is 3.69. The average molecular weight is 168 g/mol. The molecule has 0 aromatic carbocycles. The molecule has 0 radical (unpaired) electrons. The molecule has 0 bridgehead atoms. The van der Waals surface area contributed by atoms with Gasteiger partial charge in [-0.3, -0.25) is 0 Å². The van der Waals surface area contributed by atoms with Gasteiger partial charge in [0.05, 0.1) is 12.7 Å². The van der Waals surface area contributed by atoms with Gasteiger partial charge in [0.15, 0.2) is 6.36 Å². The number of rotatable bonds is 3. The molecule has 4 heteroatoms. The Morgan fingerprint density at radius 3 is 1.82 bits per heavy atom. The molecule has 2 unspecified atom stereocenters. The van der Waals surface area contributed by atoms with Crippen molar-refractivity contribution in [1.82, 2.24) is 0 Å². The van der Waals surface area contributed by atoms with E-state index in [4.69, 9.17) is 10.2 Å². The largest absolute Gasteiger partial charge is 0.391 e. The molecule has 0 fully saturated rings. The Bertz CT molecular complexity index is 66.7. The van der Waals surface area contributed by atoms with E-state index in [0.717, 1.165) is 0 Å². The molecule has 11 heavy (non-hydrogen) atoms. The zero-order chi connectivity index (χ0) is 9.28. The highest BCUT2D eigenvalue weighted by Gasteiger charge is 1.87. The maximum atomic E-state index is 11.0. The van der Waals surface area contributed by atoms with Crippen LogP contribution in [0.4, 0.5) is 4.39 Å². The van der Waals surface area contributed by atoms with Crippen molar-refractivity contribution in [2.24, 2.45) is 0 Å². The highest BCUT2D eigenvalue weighted by Crippen LogP contribution is 1.85. The predicted molar refractivity (Wildman–Crippen MR) is 41.0 cm³/mol. The Labute approximate surface area is 66.8 Å². The van der Waals surface area contributed by atoms with Gasteiger partial charge in [0.1, 0.15) is 0 Å². The molecule has 0 rings (SSSR count). The standard InChI is InChI=1S/C4H10O2.C3H7FO/c1-4(5)3-6-2;1-2-3(4)5/h4-5H,3H2,1-2H3;3,5H,2H2,1H3. The minimum atomic E-state index is -1.62. The lowest BCUT2D eigenvalue weighted by atomic mass is 10.5. The Kier molecular flexibility index (Phi) is 12.0. The quantitative estimate of drug-likeness (QED) is 0.652. The van der Waals surface area contributed by atoms with Crippen LogP contribution in [0.25, 0.3) is 0 Å². The average Bonchev–Trinajstić information content (AvgIpc) is 1.89. The highest BCUT2D eigenvalue weighted by atomic mass is 19.1. The number of aliphatic hydroxyl groups is 2. The smallest absolute Gasteiger partial charge is 0.196 e. The molecule has 0 spiro atoms. The van der Waals surface area contributed by atoms with E-state index >= 15 is 0 Å². The summed E-state index contributed by atoms with van der Waals surface area (Å²) in [4.78, 5) is 0. The Morgan fingerprint density at radius 1 is 1.45 bits per heavy atom. The molecule has 70 valence electrons. The van der Waals surface area contributed by atoms with Crippen LogP contribution >= 0.6 is 0 Å². The minimum Gasteiger partial charge on any atom is -0.391 e. The third-order valence-electron chi connectivity index (χ3n) is 0.745. The highest BCUT2D eigenvalue weighted by molar-refractivity contribution is 4.36. The molecule has 0 saturated carbocycles. The van der Waals surface area contributed by atoms with E-state index in [1.165, 1.54) is 0 Å². The van der Waals surface area contributed by atoms with Crippen LogP contribution in [-0.2, 0) is 4.74 Å². The maximum absolute atomic E-state index is 11.0. The van der Waals surface area contributed by atoms with Gasteiger partial charge in [-0.05, 0) is 6.92 Å². The zero-order valence-corrected chi connectivity index (χ0v) is 7.25. The van der Waals surface area contributed by atoms with Gasteiger partial charge in [0.2, 0.25) is 0 Å². The lowest BCUT2D eigenvalue weighted by molar-refractivity contribution is 0.0391. The SMILES string of the molecule is CCC(O)F.COCC(C)O. The minimum absolute atomic E-state index is 0.194. The van der Waals surface area contributed by atoms with Crippen LogP contribution in [0.3, 0.4) is 0 Å². The summed E-state index contributed by atoms with van der Waals surface area (Å²) in [6, 6.07) is 0. The Morgan fingerprint density at radius 2 is 1.82 bits per heavy atom. The first-order valence-corrected chi connectivity index (χ1v) is 3.53. The van der Waals surface area contributed by atoms with Crippen LogP contribution in [0.5, 0.6) is 0 Å². The van der Waals surface area contributed by atoms with Crippen LogP contribution in [0, 0.1) is 0 Å². The second-order valence-corrected chi connectivity index (χ2v) is 2.15. The first kappa shape index (κ1) is 13.4. The molecule has 0 aliphatic rings. The molecular weight excluding hydrogens is 151 g/mol. The fourth-order valence-electron chi connectivity index (χ4n) is 0.241. The van der Waals surface area contributed by atoms with Gasteiger partial charge in [0.25, 0.3) is 0 Å². The van der Waals surface area contributed by atoms with Crippen molar-refractivity contribution in [1.29, 1.82) is 0 Å². The summed E-state index contributed by atoms with van der Waals surface area (Å²) in [5.74, 6) is 0. The van der Waals surface area contributed by atoms with Crippen LogP contribution in [-0.4, -0.2) is 36.4 Å². The Balaban J connectivity index is 0. The van der Waals surface area contributed by atoms with E-state index in [-0.39, 0.29) is 12.5 Å². The number of alkyl halides is 1. The lowest BCUT2D eigenvalue weighted by Gasteiger charge is -1.97. The molecule has 0 aliphatic heterocycles. The van der Waals surface area contributed by atoms with E-state index in [1.807, 2.05) is 0 Å². The van der Waals surface area contributed by atoms with Gasteiger partial charge in [-0.15, -0.1) is 0 Å². The summed E-state index contributed by atoms with van der Waals surface area (Å²) in [6.07, 6.45) is -1.75. The van der Waals surface area contributed by atoms with Crippen molar-refractivity contribution < 1.29 is 19.3 Å². The third-order valence-corrected chi connectivity index (χ3v) is 0.745. The fourth-order valence-corrected chi connectivity index (χ4v) is 0.241. The first-order chi connectivity index (χ1) is 5.04. The van der Waals surface area contributed by atoms with Crippen LogP contribution in [0.1, 0.15) is 20.3 Å². The van der Waals surface area contributed by atoms with Gasteiger partial charge >= 0.3 is 0 Å². The number of methoxy groups -OCH3 is 1. The van der Waals surface area contributed by atoms with Gasteiger partial charge in [-0.2, -0.15) is 0 Å². The van der Waals surface area contributed by atoms with E-state index in [1.54, 1.807) is 21.0 Å². The molecule has 0 aromatic heterocycles. The van der Waals surface area contributed by atoms with Gasteiger partial charge in [0, 0.05) is 13.5 Å². The number of hydrogen-bond acceptors (Lipinski definition) is 3. The van der Waals surface area contributed by atoms with Gasteiger partial charge in [-0.25, -0.2) is 4.39 Å². The fraction of sp³-hybridized carbons (Fsp3) is 1.00. The number of aliphatic hydroxyl groups excluding tert-OH is 2. The molecule has 0 aromatic rings. The molecule has 0 amide bonds. The molecule has 0 aliphatic carbocycles. The van der Waals surface area contributed by atoms with Crippen LogP contribution < -0.4 is 0 Å². The summed E-state index contributed by atoms with van der Waals surface area (Å²) in [5.41, 5.74) is 0. The van der Waals surface area contributed by atoms with Crippen LogP contribution in [0.15, 0.2) is 0 Å². The summed E-state index contributed by atoms with van der Waals surface area (Å²) >= 11 is 0. The monoisotopic (exact) mass is 168 g/mol. The summed E-state index contributed by atoms with van der Waals surface area (Å²) < 4.78 is 15.5. The first-order valence-electron chi connectivity index (χ1n) is 3.53. The number of ether oxygens (including phenoxy) is 1. The third kappa shape index (κ3) is 25.9. The van der Waals surface area contributed by atoms with Gasteiger partial charge in [-0.1, -0.05) is 6.92 Å². The van der Waals surface area contributed by atoms with E-state index in [0.29, 0.717) is 6.61 Å². The van der Waals surface area contributed by atoms with E-state index in [9.17, 15) is 4.39 Å². The maximum Gasteiger partial charge on any atom is 0.196 e. The van der Waals surface area contributed by atoms with Crippen molar-refractivity contribution in [2.75, 3.05) is 13.7 Å². The molecule has 3 nitrogen and oxygen atoms in total.